The number of rotatable bonds is 10. The highest BCUT2D eigenvalue weighted by Gasteiger charge is 2.15. The smallest absolute Gasteiger partial charge is 0.337 e. The SMILES string of the molecule is CCCCN(Cc1ccc(C(=O)OC)cc1)C(=O)Nc1ccc(OCc2ccccc2)cc1. The molecule has 172 valence electrons. The Labute approximate surface area is 195 Å². The number of esters is 1. The normalized spacial score (nSPS) is 10.4. The van der Waals surface area contributed by atoms with Gasteiger partial charge in [-0.1, -0.05) is 55.8 Å². The molecule has 0 heterocycles. The van der Waals surface area contributed by atoms with Gasteiger partial charge in [0.1, 0.15) is 12.4 Å². The number of amides is 2. The van der Waals surface area contributed by atoms with Crippen LogP contribution in [-0.2, 0) is 17.9 Å². The molecule has 3 rings (SSSR count). The van der Waals surface area contributed by atoms with Crippen molar-refractivity contribution in [1.29, 1.82) is 0 Å². The van der Waals surface area contributed by atoms with Crippen molar-refractivity contribution in [3.05, 3.63) is 95.6 Å². The Morgan fingerprint density at radius 1 is 0.879 bits per heavy atom. The predicted molar refractivity (Wildman–Crippen MR) is 129 cm³/mol. The number of benzene rings is 3. The van der Waals surface area contributed by atoms with Gasteiger partial charge in [0.2, 0.25) is 0 Å². The zero-order valence-electron chi connectivity index (χ0n) is 19.1. The maximum absolute atomic E-state index is 12.9. The summed E-state index contributed by atoms with van der Waals surface area (Å²) >= 11 is 0. The molecule has 0 atom stereocenters. The second kappa shape index (κ2) is 12.3. The Bertz CT molecular complexity index is 1020. The largest absolute Gasteiger partial charge is 0.489 e. The van der Waals surface area contributed by atoms with Gasteiger partial charge >= 0.3 is 12.0 Å². The number of anilines is 1. The summed E-state index contributed by atoms with van der Waals surface area (Å²) in [4.78, 5) is 26.4. The van der Waals surface area contributed by atoms with E-state index in [2.05, 4.69) is 12.2 Å². The number of carbonyl (C=O) groups is 2. The zero-order valence-corrected chi connectivity index (χ0v) is 19.1. The lowest BCUT2D eigenvalue weighted by Crippen LogP contribution is -2.35. The van der Waals surface area contributed by atoms with Gasteiger partial charge in [0, 0.05) is 18.8 Å². The van der Waals surface area contributed by atoms with Gasteiger partial charge in [-0.2, -0.15) is 0 Å². The van der Waals surface area contributed by atoms with Gasteiger partial charge in [-0.05, 0) is 53.9 Å². The fourth-order valence-corrected chi connectivity index (χ4v) is 3.26. The minimum atomic E-state index is -0.377. The van der Waals surface area contributed by atoms with E-state index in [-0.39, 0.29) is 12.0 Å². The Kier molecular flexibility index (Phi) is 8.88. The Balaban J connectivity index is 1.59. The van der Waals surface area contributed by atoms with Crippen molar-refractivity contribution in [1.82, 2.24) is 4.90 Å². The first-order chi connectivity index (χ1) is 16.1. The monoisotopic (exact) mass is 446 g/mol. The highest BCUT2D eigenvalue weighted by atomic mass is 16.5. The summed E-state index contributed by atoms with van der Waals surface area (Å²) in [6.45, 7) is 3.67. The zero-order chi connectivity index (χ0) is 23.5. The molecule has 0 saturated heterocycles. The number of methoxy groups -OCH3 is 1. The van der Waals surface area contributed by atoms with E-state index in [9.17, 15) is 9.59 Å². The second-order valence-corrected chi connectivity index (χ2v) is 7.69. The van der Waals surface area contributed by atoms with Crippen molar-refractivity contribution >= 4 is 17.7 Å². The third-order valence-corrected chi connectivity index (χ3v) is 5.17. The summed E-state index contributed by atoms with van der Waals surface area (Å²) in [5.41, 5.74) is 3.23. The van der Waals surface area contributed by atoms with E-state index in [0.29, 0.717) is 30.9 Å². The van der Waals surface area contributed by atoms with Crippen molar-refractivity contribution in [2.75, 3.05) is 19.0 Å². The number of hydrogen-bond acceptors (Lipinski definition) is 4. The van der Waals surface area contributed by atoms with E-state index in [1.54, 1.807) is 17.0 Å². The van der Waals surface area contributed by atoms with Crippen molar-refractivity contribution in [3.63, 3.8) is 0 Å². The van der Waals surface area contributed by atoms with Crippen LogP contribution in [-0.4, -0.2) is 30.6 Å². The third-order valence-electron chi connectivity index (χ3n) is 5.17. The van der Waals surface area contributed by atoms with Crippen LogP contribution in [0.4, 0.5) is 10.5 Å². The number of nitrogens with zero attached hydrogens (tertiary/aromatic N) is 1. The summed E-state index contributed by atoms with van der Waals surface area (Å²) in [5, 5.41) is 2.97. The van der Waals surface area contributed by atoms with Crippen LogP contribution in [0.15, 0.2) is 78.9 Å². The molecule has 0 bridgehead atoms. The molecule has 0 radical (unpaired) electrons. The van der Waals surface area contributed by atoms with Crippen molar-refractivity contribution < 1.29 is 19.1 Å². The van der Waals surface area contributed by atoms with Crippen LogP contribution in [0.2, 0.25) is 0 Å². The molecule has 0 aromatic heterocycles. The standard InChI is InChI=1S/C27H30N2O4/c1-3-4-18-29(19-21-10-12-23(13-11-21)26(30)32-2)27(31)28-24-14-16-25(17-15-24)33-20-22-8-6-5-7-9-22/h5-17H,3-4,18-20H2,1-2H3,(H,28,31). The first-order valence-electron chi connectivity index (χ1n) is 11.1. The lowest BCUT2D eigenvalue weighted by Gasteiger charge is -2.23. The molecule has 2 amide bonds. The first-order valence-corrected chi connectivity index (χ1v) is 11.1. The van der Waals surface area contributed by atoms with Crippen molar-refractivity contribution in [2.24, 2.45) is 0 Å². The number of nitrogens with one attached hydrogen (secondary N) is 1. The van der Waals surface area contributed by atoms with Gasteiger partial charge in [-0.3, -0.25) is 0 Å². The van der Waals surface area contributed by atoms with Gasteiger partial charge < -0.3 is 19.7 Å². The van der Waals surface area contributed by atoms with Gasteiger partial charge in [0.25, 0.3) is 0 Å². The van der Waals surface area contributed by atoms with Crippen LogP contribution in [0, 0.1) is 0 Å². The molecule has 0 spiro atoms. The lowest BCUT2D eigenvalue weighted by molar-refractivity contribution is 0.0600. The van der Waals surface area contributed by atoms with E-state index < -0.39 is 0 Å². The molecular formula is C27H30N2O4. The average molecular weight is 447 g/mol. The second-order valence-electron chi connectivity index (χ2n) is 7.69. The third kappa shape index (κ3) is 7.38. The molecule has 3 aromatic rings. The van der Waals surface area contributed by atoms with Crippen molar-refractivity contribution in [3.8, 4) is 5.75 Å². The first kappa shape index (κ1) is 23.9. The maximum Gasteiger partial charge on any atom is 0.337 e. The lowest BCUT2D eigenvalue weighted by atomic mass is 10.1. The molecule has 0 aliphatic rings. The Morgan fingerprint density at radius 2 is 1.58 bits per heavy atom. The summed E-state index contributed by atoms with van der Waals surface area (Å²) in [6, 6.07) is 24.3. The van der Waals surface area contributed by atoms with Gasteiger partial charge in [-0.25, -0.2) is 9.59 Å². The molecule has 6 heteroatoms. The highest BCUT2D eigenvalue weighted by molar-refractivity contribution is 5.90. The quantitative estimate of drug-likeness (QED) is 0.395. The molecule has 0 aliphatic heterocycles. The van der Waals surface area contributed by atoms with Crippen LogP contribution in [0.25, 0.3) is 0 Å². The highest BCUT2D eigenvalue weighted by Crippen LogP contribution is 2.18. The summed E-state index contributed by atoms with van der Waals surface area (Å²) < 4.78 is 10.5. The molecule has 33 heavy (non-hydrogen) atoms. The van der Waals surface area contributed by atoms with Crippen LogP contribution in [0.1, 0.15) is 41.3 Å². The number of urea groups is 1. The number of unbranched alkanes of at least 4 members (excludes halogenated alkanes) is 1. The summed E-state index contributed by atoms with van der Waals surface area (Å²) in [5.74, 6) is 0.365. The van der Waals surface area contributed by atoms with E-state index in [0.717, 1.165) is 29.7 Å². The van der Waals surface area contributed by atoms with Gasteiger partial charge in [-0.15, -0.1) is 0 Å². The minimum absolute atomic E-state index is 0.168. The molecule has 6 nitrogen and oxygen atoms in total. The molecule has 3 aromatic carbocycles. The maximum atomic E-state index is 12.9. The molecule has 0 unspecified atom stereocenters. The fraction of sp³-hybridized carbons (Fsp3) is 0.259. The minimum Gasteiger partial charge on any atom is -0.489 e. The van der Waals surface area contributed by atoms with Gasteiger partial charge in [0.05, 0.1) is 12.7 Å². The number of hydrogen-bond donors (Lipinski definition) is 1. The molecule has 0 fully saturated rings. The van der Waals surface area contributed by atoms with Crippen LogP contribution < -0.4 is 10.1 Å². The molecule has 0 aliphatic carbocycles. The van der Waals surface area contributed by atoms with E-state index in [1.807, 2.05) is 66.7 Å². The number of ether oxygens (including phenoxy) is 2. The molecule has 1 N–H and O–H groups in total. The summed E-state index contributed by atoms with van der Waals surface area (Å²) in [7, 11) is 1.36. The van der Waals surface area contributed by atoms with Crippen LogP contribution in [0.3, 0.4) is 0 Å². The topological polar surface area (TPSA) is 67.9 Å². The van der Waals surface area contributed by atoms with Crippen molar-refractivity contribution in [2.45, 2.75) is 32.9 Å². The molecular weight excluding hydrogens is 416 g/mol. The van der Waals surface area contributed by atoms with Gasteiger partial charge in [0.15, 0.2) is 0 Å². The van der Waals surface area contributed by atoms with Crippen LogP contribution >= 0.6 is 0 Å². The average Bonchev–Trinajstić information content (AvgIpc) is 2.86. The van der Waals surface area contributed by atoms with E-state index >= 15 is 0 Å². The fourth-order valence-electron chi connectivity index (χ4n) is 3.26. The Morgan fingerprint density at radius 3 is 2.21 bits per heavy atom. The number of carbonyl (C=O) groups excluding carboxylic acids is 2. The van der Waals surface area contributed by atoms with Crippen LogP contribution in [0.5, 0.6) is 5.75 Å². The predicted octanol–water partition coefficient (Wildman–Crippen LogP) is 5.89. The van der Waals surface area contributed by atoms with E-state index in [1.165, 1.54) is 7.11 Å². The Hall–Kier alpha value is -3.80. The molecule has 0 saturated carbocycles. The summed E-state index contributed by atoms with van der Waals surface area (Å²) in [6.07, 6.45) is 1.89. The van der Waals surface area contributed by atoms with E-state index in [4.69, 9.17) is 9.47 Å².